The molecule has 0 saturated carbocycles. The van der Waals surface area contributed by atoms with Gasteiger partial charge in [-0.2, -0.15) is 0 Å². The van der Waals surface area contributed by atoms with Gasteiger partial charge in [0.1, 0.15) is 17.6 Å². The van der Waals surface area contributed by atoms with E-state index in [1.165, 1.54) is 11.0 Å². The van der Waals surface area contributed by atoms with Crippen molar-refractivity contribution >= 4 is 11.8 Å². The molecule has 2 aromatic rings. The van der Waals surface area contributed by atoms with Crippen LogP contribution in [0.5, 0.6) is 5.75 Å². The predicted molar refractivity (Wildman–Crippen MR) is 116 cm³/mol. The quantitative estimate of drug-likeness (QED) is 0.740. The summed E-state index contributed by atoms with van der Waals surface area (Å²) in [6.45, 7) is 10.8. The summed E-state index contributed by atoms with van der Waals surface area (Å²) >= 11 is 0. The van der Waals surface area contributed by atoms with Gasteiger partial charge >= 0.3 is 0 Å². The van der Waals surface area contributed by atoms with E-state index in [1.807, 2.05) is 52.8 Å². The number of rotatable bonds is 7. The first-order chi connectivity index (χ1) is 14.0. The molecule has 0 aliphatic carbocycles. The second-order valence-electron chi connectivity index (χ2n) is 8.59. The largest absolute Gasteiger partial charge is 0.483 e. The Morgan fingerprint density at radius 2 is 1.80 bits per heavy atom. The third-order valence-electron chi connectivity index (χ3n) is 4.65. The van der Waals surface area contributed by atoms with E-state index in [1.54, 1.807) is 25.1 Å². The summed E-state index contributed by atoms with van der Waals surface area (Å²) in [6, 6.07) is 11.1. The Morgan fingerprint density at radius 1 is 1.13 bits per heavy atom. The van der Waals surface area contributed by atoms with Crippen molar-refractivity contribution in [2.24, 2.45) is 0 Å². The molecular formula is C24H31FN2O3. The van der Waals surface area contributed by atoms with Gasteiger partial charge in [0.2, 0.25) is 5.91 Å². The normalized spacial score (nSPS) is 12.2. The molecule has 1 atom stereocenters. The lowest BCUT2D eigenvalue weighted by molar-refractivity contribution is -0.142. The smallest absolute Gasteiger partial charge is 0.261 e. The van der Waals surface area contributed by atoms with Gasteiger partial charge in [-0.3, -0.25) is 9.59 Å². The molecule has 0 heterocycles. The highest BCUT2D eigenvalue weighted by atomic mass is 19.1. The number of nitrogens with one attached hydrogen (secondary N) is 1. The molecule has 0 saturated heterocycles. The number of carbonyl (C=O) groups is 2. The molecule has 0 fully saturated rings. The summed E-state index contributed by atoms with van der Waals surface area (Å²) in [6.07, 6.45) is 0. The Kier molecular flexibility index (Phi) is 7.59. The lowest BCUT2D eigenvalue weighted by Gasteiger charge is -2.31. The molecular weight excluding hydrogens is 383 g/mol. The maximum Gasteiger partial charge on any atom is 0.261 e. The van der Waals surface area contributed by atoms with Crippen LogP contribution in [0.25, 0.3) is 0 Å². The Morgan fingerprint density at radius 3 is 2.40 bits per heavy atom. The van der Waals surface area contributed by atoms with Crippen LogP contribution in [0.15, 0.2) is 42.5 Å². The van der Waals surface area contributed by atoms with Crippen molar-refractivity contribution in [2.45, 2.75) is 59.7 Å². The minimum Gasteiger partial charge on any atom is -0.483 e. The summed E-state index contributed by atoms with van der Waals surface area (Å²) < 4.78 is 19.9. The zero-order valence-electron chi connectivity index (χ0n) is 18.6. The summed E-state index contributed by atoms with van der Waals surface area (Å²) in [5.41, 5.74) is 1.91. The van der Waals surface area contributed by atoms with Gasteiger partial charge in [-0.15, -0.1) is 0 Å². The van der Waals surface area contributed by atoms with E-state index in [4.69, 9.17) is 4.74 Å². The molecule has 1 N–H and O–H groups in total. The van der Waals surface area contributed by atoms with Gasteiger partial charge in [0, 0.05) is 17.6 Å². The van der Waals surface area contributed by atoms with Crippen molar-refractivity contribution in [1.29, 1.82) is 0 Å². The second-order valence-corrected chi connectivity index (χ2v) is 8.59. The summed E-state index contributed by atoms with van der Waals surface area (Å²) in [4.78, 5) is 27.1. The molecule has 162 valence electrons. The molecule has 5 nitrogen and oxygen atoms in total. The van der Waals surface area contributed by atoms with Gasteiger partial charge in [-0.05, 0) is 59.2 Å². The van der Waals surface area contributed by atoms with Crippen molar-refractivity contribution in [2.75, 3.05) is 6.61 Å². The fraction of sp³-hybridized carbons (Fsp3) is 0.417. The summed E-state index contributed by atoms with van der Waals surface area (Å²) in [5.74, 6) is -0.519. The van der Waals surface area contributed by atoms with E-state index in [0.29, 0.717) is 11.3 Å². The van der Waals surface area contributed by atoms with Crippen LogP contribution in [0, 0.1) is 19.7 Å². The van der Waals surface area contributed by atoms with Crippen LogP contribution in [-0.4, -0.2) is 34.9 Å². The van der Waals surface area contributed by atoms with Crippen molar-refractivity contribution < 1.29 is 18.7 Å². The van der Waals surface area contributed by atoms with E-state index in [9.17, 15) is 14.0 Å². The highest BCUT2D eigenvalue weighted by molar-refractivity contribution is 5.88. The second kappa shape index (κ2) is 9.74. The highest BCUT2D eigenvalue weighted by Gasteiger charge is 2.29. The van der Waals surface area contributed by atoms with Crippen LogP contribution in [0.3, 0.4) is 0 Å². The topological polar surface area (TPSA) is 58.6 Å². The van der Waals surface area contributed by atoms with Gasteiger partial charge in [0.15, 0.2) is 6.61 Å². The van der Waals surface area contributed by atoms with Crippen molar-refractivity contribution in [1.82, 2.24) is 10.2 Å². The van der Waals surface area contributed by atoms with Crippen LogP contribution < -0.4 is 10.1 Å². The third-order valence-corrected chi connectivity index (χ3v) is 4.65. The number of aryl methyl sites for hydroxylation is 2. The molecule has 0 aliphatic rings. The lowest BCUT2D eigenvalue weighted by Crippen LogP contribution is -2.53. The van der Waals surface area contributed by atoms with E-state index < -0.39 is 23.3 Å². The lowest BCUT2D eigenvalue weighted by atomic mass is 10.1. The Labute approximate surface area is 178 Å². The first kappa shape index (κ1) is 23.4. The highest BCUT2D eigenvalue weighted by Crippen LogP contribution is 2.20. The van der Waals surface area contributed by atoms with Gasteiger partial charge in [-0.1, -0.05) is 35.9 Å². The number of hydrogen-bond acceptors (Lipinski definition) is 3. The molecule has 2 aromatic carbocycles. The molecule has 2 amide bonds. The van der Waals surface area contributed by atoms with Gasteiger partial charge in [0.25, 0.3) is 5.91 Å². The number of ether oxygens (including phenoxy) is 1. The predicted octanol–water partition coefficient (Wildman–Crippen LogP) is 4.15. The monoisotopic (exact) mass is 414 g/mol. The van der Waals surface area contributed by atoms with Crippen LogP contribution >= 0.6 is 0 Å². The fourth-order valence-electron chi connectivity index (χ4n) is 3.05. The van der Waals surface area contributed by atoms with Crippen LogP contribution in [0.1, 0.15) is 44.4 Å². The van der Waals surface area contributed by atoms with Gasteiger partial charge < -0.3 is 15.0 Å². The first-order valence-corrected chi connectivity index (χ1v) is 10.0. The van der Waals surface area contributed by atoms with Gasteiger partial charge in [-0.25, -0.2) is 4.39 Å². The molecule has 6 heteroatoms. The number of hydrogen-bond donors (Lipinski definition) is 1. The molecule has 0 radical (unpaired) electrons. The minimum absolute atomic E-state index is 0.0273. The van der Waals surface area contributed by atoms with E-state index in [2.05, 4.69) is 5.32 Å². The van der Waals surface area contributed by atoms with Crippen molar-refractivity contribution in [3.8, 4) is 5.75 Å². The van der Waals surface area contributed by atoms with E-state index in [0.717, 1.165) is 11.1 Å². The zero-order chi connectivity index (χ0) is 22.5. The molecule has 30 heavy (non-hydrogen) atoms. The number of nitrogens with zero attached hydrogens (tertiary/aromatic N) is 1. The molecule has 0 aromatic heterocycles. The molecule has 0 bridgehead atoms. The zero-order valence-corrected chi connectivity index (χ0v) is 18.6. The maximum atomic E-state index is 14.2. The Balaban J connectivity index is 2.21. The minimum atomic E-state index is -0.793. The molecule has 0 aliphatic heterocycles. The number of amides is 2. The SMILES string of the molecule is Cc1ccc(OCC(=O)N(Cc2ccccc2F)[C@H](C)C(=O)NC(C)(C)C)c(C)c1. The fourth-order valence-corrected chi connectivity index (χ4v) is 3.05. The van der Waals surface area contributed by atoms with Crippen LogP contribution in [0.2, 0.25) is 0 Å². The summed E-state index contributed by atoms with van der Waals surface area (Å²) in [5, 5.41) is 2.88. The number of halogens is 1. The van der Waals surface area contributed by atoms with E-state index >= 15 is 0 Å². The van der Waals surface area contributed by atoms with Gasteiger partial charge in [0.05, 0.1) is 0 Å². The molecule has 0 unspecified atom stereocenters. The number of benzene rings is 2. The Bertz CT molecular complexity index is 906. The van der Waals surface area contributed by atoms with E-state index in [-0.39, 0.29) is 19.1 Å². The maximum absolute atomic E-state index is 14.2. The number of carbonyl (C=O) groups excluding carboxylic acids is 2. The first-order valence-electron chi connectivity index (χ1n) is 10.0. The average Bonchev–Trinajstić information content (AvgIpc) is 2.64. The van der Waals surface area contributed by atoms with Crippen molar-refractivity contribution in [3.05, 3.63) is 65.0 Å². The Hall–Kier alpha value is -2.89. The standard InChI is InChI=1S/C24H31FN2O3/c1-16-11-12-21(17(2)13-16)30-15-22(28)27(14-19-9-7-8-10-20(19)25)18(3)23(29)26-24(4,5)6/h7-13,18H,14-15H2,1-6H3,(H,26,29)/t18-/m1/s1. The average molecular weight is 415 g/mol. The molecule has 0 spiro atoms. The third kappa shape index (κ3) is 6.58. The van der Waals surface area contributed by atoms with Crippen LogP contribution in [0.4, 0.5) is 4.39 Å². The summed E-state index contributed by atoms with van der Waals surface area (Å²) in [7, 11) is 0. The van der Waals surface area contributed by atoms with Crippen molar-refractivity contribution in [3.63, 3.8) is 0 Å². The van der Waals surface area contributed by atoms with Crippen LogP contribution in [-0.2, 0) is 16.1 Å². The molecule has 2 rings (SSSR count).